The standard InChI is InChI=1S/C20H20FN5O2/c21-15-5-2-6-16(15)25-18-14(20(23)28)9-24-26-10-13(8-17(18)26)11-3-1-4-12(7-11)19(22)27/h1,3-4,7-10,15-16,25H,2,5-6H2,(H2,22,27)(H2,23,28)/t15-,16+/m0/s1. The lowest BCUT2D eigenvalue weighted by Crippen LogP contribution is -2.27. The zero-order valence-electron chi connectivity index (χ0n) is 15.1. The van der Waals surface area contributed by atoms with Crippen LogP contribution < -0.4 is 16.8 Å². The van der Waals surface area contributed by atoms with Crippen LogP contribution in [0.4, 0.5) is 10.1 Å². The van der Waals surface area contributed by atoms with Crippen molar-refractivity contribution in [2.24, 2.45) is 11.5 Å². The highest BCUT2D eigenvalue weighted by Gasteiger charge is 2.29. The van der Waals surface area contributed by atoms with Gasteiger partial charge in [-0.05, 0) is 43.0 Å². The number of carbonyl (C=O) groups is 2. The number of amides is 2. The van der Waals surface area contributed by atoms with Gasteiger partial charge in [0.25, 0.3) is 5.91 Å². The van der Waals surface area contributed by atoms with Crippen molar-refractivity contribution in [3.05, 3.63) is 53.9 Å². The highest BCUT2D eigenvalue weighted by Crippen LogP contribution is 2.32. The fourth-order valence-electron chi connectivity index (χ4n) is 3.67. The van der Waals surface area contributed by atoms with E-state index in [2.05, 4.69) is 10.4 Å². The molecule has 5 N–H and O–H groups in total. The van der Waals surface area contributed by atoms with E-state index >= 15 is 0 Å². The van der Waals surface area contributed by atoms with Crippen LogP contribution in [-0.2, 0) is 0 Å². The number of hydrogen-bond donors (Lipinski definition) is 3. The Balaban J connectivity index is 1.82. The quantitative estimate of drug-likeness (QED) is 0.630. The maximum absolute atomic E-state index is 14.2. The highest BCUT2D eigenvalue weighted by molar-refractivity contribution is 6.02. The summed E-state index contributed by atoms with van der Waals surface area (Å²) in [5.74, 6) is -1.15. The Morgan fingerprint density at radius 3 is 2.64 bits per heavy atom. The Morgan fingerprint density at radius 2 is 1.96 bits per heavy atom. The molecule has 1 aliphatic rings. The van der Waals surface area contributed by atoms with E-state index in [0.29, 0.717) is 29.6 Å². The first kappa shape index (κ1) is 18.0. The molecular formula is C20H20FN5O2. The van der Waals surface area contributed by atoms with E-state index in [1.165, 1.54) is 6.20 Å². The first-order valence-corrected chi connectivity index (χ1v) is 9.06. The Morgan fingerprint density at radius 1 is 1.14 bits per heavy atom. The molecule has 1 saturated carbocycles. The summed E-state index contributed by atoms with van der Waals surface area (Å²) in [5.41, 5.74) is 14.1. The van der Waals surface area contributed by atoms with Crippen molar-refractivity contribution in [2.75, 3.05) is 5.32 Å². The van der Waals surface area contributed by atoms with Gasteiger partial charge < -0.3 is 16.8 Å². The number of benzene rings is 1. The molecule has 8 heteroatoms. The molecule has 4 rings (SSSR count). The minimum Gasteiger partial charge on any atom is -0.377 e. The predicted octanol–water partition coefficient (Wildman–Crippen LogP) is 2.50. The maximum atomic E-state index is 14.2. The average molecular weight is 381 g/mol. The third-order valence-corrected chi connectivity index (χ3v) is 5.14. The molecule has 1 fully saturated rings. The second-order valence-electron chi connectivity index (χ2n) is 7.00. The number of carbonyl (C=O) groups excluding carboxylic acids is 2. The summed E-state index contributed by atoms with van der Waals surface area (Å²) >= 11 is 0. The van der Waals surface area contributed by atoms with Crippen LogP contribution in [-0.4, -0.2) is 33.6 Å². The third kappa shape index (κ3) is 3.17. The normalized spacial score (nSPS) is 19.0. The molecule has 3 aromatic rings. The lowest BCUT2D eigenvalue weighted by molar-refractivity contribution is 0.0992. The molecule has 0 aliphatic heterocycles. The summed E-state index contributed by atoms with van der Waals surface area (Å²) in [6, 6.07) is 8.36. The van der Waals surface area contributed by atoms with Gasteiger partial charge in [0.2, 0.25) is 5.91 Å². The van der Waals surface area contributed by atoms with Crippen LogP contribution in [0, 0.1) is 0 Å². The molecule has 2 atom stereocenters. The lowest BCUT2D eigenvalue weighted by atomic mass is 10.1. The molecule has 0 unspecified atom stereocenters. The van der Waals surface area contributed by atoms with E-state index < -0.39 is 18.0 Å². The average Bonchev–Trinajstić information content (AvgIpc) is 3.28. The molecule has 1 aliphatic carbocycles. The van der Waals surface area contributed by atoms with E-state index in [1.807, 2.05) is 12.1 Å². The number of halogens is 1. The van der Waals surface area contributed by atoms with Crippen LogP contribution in [0.2, 0.25) is 0 Å². The number of fused-ring (bicyclic) bond motifs is 1. The summed E-state index contributed by atoms with van der Waals surface area (Å²) in [7, 11) is 0. The minimum absolute atomic E-state index is 0.210. The summed E-state index contributed by atoms with van der Waals surface area (Å²) in [6.07, 6.45) is 4.14. The van der Waals surface area contributed by atoms with E-state index in [1.54, 1.807) is 28.9 Å². The molecular weight excluding hydrogens is 361 g/mol. The van der Waals surface area contributed by atoms with Crippen molar-refractivity contribution in [2.45, 2.75) is 31.5 Å². The zero-order valence-corrected chi connectivity index (χ0v) is 15.1. The van der Waals surface area contributed by atoms with Crippen LogP contribution in [0.3, 0.4) is 0 Å². The van der Waals surface area contributed by atoms with Gasteiger partial charge >= 0.3 is 0 Å². The van der Waals surface area contributed by atoms with Crippen molar-refractivity contribution >= 4 is 23.0 Å². The van der Waals surface area contributed by atoms with Crippen molar-refractivity contribution in [3.63, 3.8) is 0 Å². The van der Waals surface area contributed by atoms with Gasteiger partial charge in [-0.1, -0.05) is 12.1 Å². The number of primary amides is 2. The number of nitrogens with one attached hydrogen (secondary N) is 1. The lowest BCUT2D eigenvalue weighted by Gasteiger charge is -2.19. The Bertz CT molecular complexity index is 1080. The number of rotatable bonds is 5. The van der Waals surface area contributed by atoms with Crippen molar-refractivity contribution in [1.82, 2.24) is 9.61 Å². The van der Waals surface area contributed by atoms with Crippen molar-refractivity contribution < 1.29 is 14.0 Å². The fraction of sp³-hybridized carbons (Fsp3) is 0.250. The smallest absolute Gasteiger partial charge is 0.252 e. The number of anilines is 1. The van der Waals surface area contributed by atoms with Gasteiger partial charge in [-0.3, -0.25) is 9.59 Å². The van der Waals surface area contributed by atoms with E-state index in [9.17, 15) is 14.0 Å². The number of nitrogens with two attached hydrogens (primary N) is 2. The predicted molar refractivity (Wildman–Crippen MR) is 104 cm³/mol. The monoisotopic (exact) mass is 381 g/mol. The minimum atomic E-state index is -0.976. The van der Waals surface area contributed by atoms with E-state index in [0.717, 1.165) is 17.5 Å². The number of nitrogens with zero attached hydrogens (tertiary/aromatic N) is 2. The van der Waals surface area contributed by atoms with Crippen LogP contribution in [0.5, 0.6) is 0 Å². The van der Waals surface area contributed by atoms with Gasteiger partial charge in [0, 0.05) is 17.3 Å². The van der Waals surface area contributed by atoms with Gasteiger partial charge in [-0.25, -0.2) is 8.91 Å². The Labute approximate surface area is 160 Å². The molecule has 2 heterocycles. The van der Waals surface area contributed by atoms with Crippen molar-refractivity contribution in [3.8, 4) is 11.1 Å². The van der Waals surface area contributed by atoms with E-state index in [4.69, 9.17) is 11.5 Å². The summed E-state index contributed by atoms with van der Waals surface area (Å²) in [4.78, 5) is 23.4. The molecule has 0 radical (unpaired) electrons. The van der Waals surface area contributed by atoms with Crippen molar-refractivity contribution in [1.29, 1.82) is 0 Å². The Hall–Kier alpha value is -3.42. The fourth-order valence-corrected chi connectivity index (χ4v) is 3.67. The van der Waals surface area contributed by atoms with Crippen LogP contribution in [0.1, 0.15) is 40.0 Å². The molecule has 0 spiro atoms. The van der Waals surface area contributed by atoms with Gasteiger partial charge in [0.05, 0.1) is 29.0 Å². The summed E-state index contributed by atoms with van der Waals surface area (Å²) in [5, 5.41) is 7.42. The second-order valence-corrected chi connectivity index (χ2v) is 7.00. The first-order valence-electron chi connectivity index (χ1n) is 9.06. The maximum Gasteiger partial charge on any atom is 0.252 e. The van der Waals surface area contributed by atoms with E-state index in [-0.39, 0.29) is 11.6 Å². The molecule has 0 bridgehead atoms. The second kappa shape index (κ2) is 6.95. The molecule has 2 amide bonds. The number of hydrogen-bond acceptors (Lipinski definition) is 4. The van der Waals surface area contributed by atoms with Crippen LogP contribution in [0.15, 0.2) is 42.7 Å². The van der Waals surface area contributed by atoms with Gasteiger partial charge in [-0.2, -0.15) is 5.10 Å². The topological polar surface area (TPSA) is 116 Å². The van der Waals surface area contributed by atoms with Gasteiger partial charge in [-0.15, -0.1) is 0 Å². The molecule has 0 saturated heterocycles. The highest BCUT2D eigenvalue weighted by atomic mass is 19.1. The van der Waals surface area contributed by atoms with Crippen LogP contribution >= 0.6 is 0 Å². The molecule has 7 nitrogen and oxygen atoms in total. The summed E-state index contributed by atoms with van der Waals surface area (Å²) in [6.45, 7) is 0. The van der Waals surface area contributed by atoms with Gasteiger partial charge in [0.1, 0.15) is 6.17 Å². The number of alkyl halides is 1. The third-order valence-electron chi connectivity index (χ3n) is 5.14. The number of aromatic nitrogens is 2. The summed E-state index contributed by atoms with van der Waals surface area (Å²) < 4.78 is 15.8. The molecule has 2 aromatic heterocycles. The SMILES string of the molecule is NC(=O)c1cccc(-c2cc3c(N[C@@H]4CCC[C@@H]4F)c(C(N)=O)cnn3c2)c1. The largest absolute Gasteiger partial charge is 0.377 e. The first-order chi connectivity index (χ1) is 13.4. The van der Waals surface area contributed by atoms with Crippen LogP contribution in [0.25, 0.3) is 16.6 Å². The molecule has 144 valence electrons. The molecule has 28 heavy (non-hydrogen) atoms. The van der Waals surface area contributed by atoms with Gasteiger partial charge in [0.15, 0.2) is 0 Å². The molecule has 1 aromatic carbocycles. The Kier molecular flexibility index (Phi) is 4.46. The zero-order chi connectivity index (χ0) is 19.8.